The number of carbonyl (C=O) groups excluding carboxylic acids is 1. The van der Waals surface area contributed by atoms with Crippen molar-refractivity contribution in [3.63, 3.8) is 0 Å². The van der Waals surface area contributed by atoms with Crippen molar-refractivity contribution in [1.82, 2.24) is 4.98 Å². The van der Waals surface area contributed by atoms with Crippen LogP contribution in [0.5, 0.6) is 5.75 Å². The Morgan fingerprint density at radius 1 is 1.18 bits per heavy atom. The minimum atomic E-state index is -1.37. The van der Waals surface area contributed by atoms with Gasteiger partial charge in [0.1, 0.15) is 16.3 Å². The lowest BCUT2D eigenvalue weighted by Gasteiger charge is -2.14. The zero-order valence-corrected chi connectivity index (χ0v) is 12.4. The summed E-state index contributed by atoms with van der Waals surface area (Å²) in [6.07, 6.45) is 1.50. The van der Waals surface area contributed by atoms with E-state index in [1.54, 1.807) is 5.38 Å². The number of nitrogens with zero attached hydrogens (tertiary/aromatic N) is 1. The summed E-state index contributed by atoms with van der Waals surface area (Å²) in [5, 5.41) is 20.7. The van der Waals surface area contributed by atoms with Crippen molar-refractivity contribution in [1.29, 1.82) is 0 Å². The van der Waals surface area contributed by atoms with Gasteiger partial charge in [-0.05, 0) is 18.6 Å². The molecule has 1 heterocycles. The highest BCUT2D eigenvalue weighted by atomic mass is 32.1. The van der Waals surface area contributed by atoms with E-state index < -0.39 is 17.9 Å². The molecule has 2 rings (SSSR count). The fourth-order valence-corrected chi connectivity index (χ4v) is 2.75. The third-order valence-electron chi connectivity index (χ3n) is 2.89. The highest BCUT2D eigenvalue weighted by molar-refractivity contribution is 7.13. The second-order valence-corrected chi connectivity index (χ2v) is 5.23. The van der Waals surface area contributed by atoms with Crippen molar-refractivity contribution >= 4 is 29.2 Å². The Labute approximate surface area is 128 Å². The molecule has 7 nitrogen and oxygen atoms in total. The van der Waals surface area contributed by atoms with Gasteiger partial charge in [-0.1, -0.05) is 0 Å². The molecule has 2 N–H and O–H groups in total. The number of hydrogen-bond donors (Lipinski definition) is 2. The summed E-state index contributed by atoms with van der Waals surface area (Å²) in [5.41, 5.74) is -0.318. The summed E-state index contributed by atoms with van der Waals surface area (Å²) in [5.74, 6) is -3.55. The minimum Gasteiger partial charge on any atom is -0.478 e. The number of aromatic nitrogens is 1. The first kappa shape index (κ1) is 15.6. The summed E-state index contributed by atoms with van der Waals surface area (Å²) >= 11 is 1.20. The molecule has 0 amide bonds. The number of esters is 1. The quantitative estimate of drug-likeness (QED) is 0.656. The summed E-state index contributed by atoms with van der Waals surface area (Å²) in [7, 11) is 0. The minimum absolute atomic E-state index is 0.00366. The number of thiazole rings is 1. The van der Waals surface area contributed by atoms with E-state index in [1.165, 1.54) is 30.5 Å². The molecule has 1 aromatic heterocycles. The molecule has 0 atom stereocenters. The van der Waals surface area contributed by atoms with Crippen LogP contribution in [0.1, 0.15) is 33.2 Å². The highest BCUT2D eigenvalue weighted by Gasteiger charge is 2.26. The van der Waals surface area contributed by atoms with Gasteiger partial charge in [0.15, 0.2) is 0 Å². The number of ether oxygens (including phenoxy) is 1. The molecule has 22 heavy (non-hydrogen) atoms. The van der Waals surface area contributed by atoms with E-state index in [0.717, 1.165) is 6.92 Å². The molecule has 0 saturated carbocycles. The van der Waals surface area contributed by atoms with E-state index in [4.69, 9.17) is 4.74 Å². The molecule has 114 valence electrons. The number of carboxylic acid groups (broad SMARTS) is 2. The molecular formula is C14H11NO6S. The van der Waals surface area contributed by atoms with Crippen LogP contribution in [-0.4, -0.2) is 33.1 Å². The molecule has 0 radical (unpaired) electrons. The van der Waals surface area contributed by atoms with Crippen LogP contribution in [0.4, 0.5) is 0 Å². The van der Waals surface area contributed by atoms with Gasteiger partial charge in [0.2, 0.25) is 0 Å². The average Bonchev–Trinajstić information content (AvgIpc) is 2.89. The topological polar surface area (TPSA) is 114 Å². The SMILES string of the molecule is CC(=O)Oc1cc(-c2nccs2)c(C(=O)O)c(C)c1C(=O)O. The first-order valence-corrected chi connectivity index (χ1v) is 6.93. The fourth-order valence-electron chi connectivity index (χ4n) is 2.09. The monoisotopic (exact) mass is 321 g/mol. The van der Waals surface area contributed by atoms with E-state index in [0.29, 0.717) is 5.01 Å². The predicted octanol–water partition coefficient (Wildman–Crippen LogP) is 2.44. The Hall–Kier alpha value is -2.74. The number of carbonyl (C=O) groups is 3. The molecule has 0 saturated heterocycles. The van der Waals surface area contributed by atoms with Crippen LogP contribution in [0.15, 0.2) is 17.6 Å². The molecule has 2 aromatic rings. The number of hydrogen-bond acceptors (Lipinski definition) is 6. The third kappa shape index (κ3) is 2.82. The Kier molecular flexibility index (Phi) is 4.22. The Bertz CT molecular complexity index is 766. The number of aromatic carboxylic acids is 2. The van der Waals surface area contributed by atoms with Crippen LogP contribution in [0, 0.1) is 6.92 Å². The van der Waals surface area contributed by atoms with Crippen LogP contribution in [0.25, 0.3) is 10.6 Å². The summed E-state index contributed by atoms with van der Waals surface area (Å²) in [4.78, 5) is 38.1. The predicted molar refractivity (Wildman–Crippen MR) is 77.5 cm³/mol. The van der Waals surface area contributed by atoms with Gasteiger partial charge >= 0.3 is 17.9 Å². The summed E-state index contributed by atoms with van der Waals surface area (Å²) in [6.45, 7) is 2.49. The van der Waals surface area contributed by atoms with Crippen molar-refractivity contribution in [2.75, 3.05) is 0 Å². The lowest BCUT2D eigenvalue weighted by atomic mass is 9.96. The van der Waals surface area contributed by atoms with Crippen LogP contribution >= 0.6 is 11.3 Å². The van der Waals surface area contributed by atoms with Gasteiger partial charge in [-0.2, -0.15) is 0 Å². The Morgan fingerprint density at radius 3 is 2.27 bits per heavy atom. The zero-order chi connectivity index (χ0) is 16.4. The van der Waals surface area contributed by atoms with Crippen LogP contribution in [-0.2, 0) is 4.79 Å². The van der Waals surface area contributed by atoms with Crippen molar-refractivity contribution < 1.29 is 29.3 Å². The maximum absolute atomic E-state index is 11.5. The molecule has 0 aliphatic heterocycles. The van der Waals surface area contributed by atoms with E-state index in [2.05, 4.69) is 4.98 Å². The van der Waals surface area contributed by atoms with Gasteiger partial charge < -0.3 is 14.9 Å². The first-order chi connectivity index (χ1) is 10.3. The van der Waals surface area contributed by atoms with Crippen molar-refractivity contribution in [3.8, 4) is 16.3 Å². The molecule has 0 fully saturated rings. The number of rotatable bonds is 4. The van der Waals surface area contributed by atoms with Gasteiger partial charge in [-0.15, -0.1) is 11.3 Å². The molecule has 8 heteroatoms. The molecule has 0 bridgehead atoms. The maximum Gasteiger partial charge on any atom is 0.339 e. The van der Waals surface area contributed by atoms with Crippen LogP contribution in [0.3, 0.4) is 0 Å². The first-order valence-electron chi connectivity index (χ1n) is 6.05. The average molecular weight is 321 g/mol. The maximum atomic E-state index is 11.5. The number of carboxylic acids is 2. The van der Waals surface area contributed by atoms with Gasteiger partial charge in [0.25, 0.3) is 0 Å². The van der Waals surface area contributed by atoms with E-state index in [1.807, 2.05) is 0 Å². The third-order valence-corrected chi connectivity index (χ3v) is 3.69. The van der Waals surface area contributed by atoms with Crippen LogP contribution < -0.4 is 4.74 Å². The van der Waals surface area contributed by atoms with Crippen molar-refractivity contribution in [2.24, 2.45) is 0 Å². The molecular weight excluding hydrogens is 310 g/mol. The lowest BCUT2D eigenvalue weighted by Crippen LogP contribution is -2.13. The number of benzene rings is 1. The van der Waals surface area contributed by atoms with Gasteiger partial charge in [0.05, 0.1) is 5.56 Å². The molecule has 0 spiro atoms. The van der Waals surface area contributed by atoms with Gasteiger partial charge in [-0.25, -0.2) is 14.6 Å². The Balaban J connectivity index is 2.84. The summed E-state index contributed by atoms with van der Waals surface area (Å²) in [6, 6.07) is 1.22. The normalized spacial score (nSPS) is 10.3. The Morgan fingerprint density at radius 2 is 1.82 bits per heavy atom. The van der Waals surface area contributed by atoms with Crippen LogP contribution in [0.2, 0.25) is 0 Å². The molecule has 1 aromatic carbocycles. The highest BCUT2D eigenvalue weighted by Crippen LogP contribution is 2.36. The van der Waals surface area contributed by atoms with E-state index in [-0.39, 0.29) is 28.0 Å². The largest absolute Gasteiger partial charge is 0.478 e. The smallest absolute Gasteiger partial charge is 0.339 e. The lowest BCUT2D eigenvalue weighted by molar-refractivity contribution is -0.131. The van der Waals surface area contributed by atoms with E-state index >= 15 is 0 Å². The van der Waals surface area contributed by atoms with Crippen molar-refractivity contribution in [3.05, 3.63) is 34.3 Å². The van der Waals surface area contributed by atoms with Gasteiger partial charge in [0, 0.05) is 24.1 Å². The zero-order valence-electron chi connectivity index (χ0n) is 11.6. The van der Waals surface area contributed by atoms with E-state index in [9.17, 15) is 24.6 Å². The van der Waals surface area contributed by atoms with Crippen molar-refractivity contribution in [2.45, 2.75) is 13.8 Å². The molecule has 0 unspecified atom stereocenters. The second-order valence-electron chi connectivity index (χ2n) is 4.34. The summed E-state index contributed by atoms with van der Waals surface area (Å²) < 4.78 is 4.93. The second kappa shape index (κ2) is 5.94. The molecule has 0 aliphatic rings. The fraction of sp³-hybridized carbons (Fsp3) is 0.143. The van der Waals surface area contributed by atoms with Gasteiger partial charge in [-0.3, -0.25) is 4.79 Å². The standard InChI is InChI=1S/C14H11NO6S/c1-6-10(13(17)18)8(12-15-3-4-22-12)5-9(21-7(2)16)11(6)14(19)20/h3-5H,1-2H3,(H,17,18)(H,19,20). The molecule has 0 aliphatic carbocycles.